The Morgan fingerprint density at radius 3 is 2.23 bits per heavy atom. The highest BCUT2D eigenvalue weighted by Crippen LogP contribution is 2.17. The van der Waals surface area contributed by atoms with E-state index in [1.54, 1.807) is 12.3 Å². The van der Waals surface area contributed by atoms with Gasteiger partial charge in [0.25, 0.3) is 10.0 Å². The lowest BCUT2D eigenvalue weighted by molar-refractivity contribution is 0.609. The van der Waals surface area contributed by atoms with Gasteiger partial charge >= 0.3 is 0 Å². The summed E-state index contributed by atoms with van der Waals surface area (Å²) in [6.45, 7) is 5.15. The Morgan fingerprint density at radius 2 is 1.58 bits per heavy atom. The van der Waals surface area contributed by atoms with Gasteiger partial charge in [0.15, 0.2) is 0 Å². The molecule has 3 aromatic rings. The molecule has 0 unspecified atom stereocenters. The molecule has 4 rings (SSSR count). The fraction of sp³-hybridized carbons (Fsp3) is 0.227. The first-order chi connectivity index (χ1) is 15.0. The minimum absolute atomic E-state index is 0.324. The molecule has 8 nitrogen and oxygen atoms in total. The summed E-state index contributed by atoms with van der Waals surface area (Å²) in [5.41, 5.74) is 2.25. The number of hydrogen-bond donors (Lipinski definition) is 1. The molecule has 0 atom stereocenters. The van der Waals surface area contributed by atoms with E-state index in [-0.39, 0.29) is 0 Å². The van der Waals surface area contributed by atoms with Crippen LogP contribution in [0.3, 0.4) is 0 Å². The number of anilines is 3. The summed E-state index contributed by atoms with van der Waals surface area (Å²) < 4.78 is 27.1. The molecule has 1 aromatic carbocycles. The Labute approximate surface area is 182 Å². The third-order valence-corrected chi connectivity index (χ3v) is 5.97. The molecule has 2 aromatic heterocycles. The minimum atomic E-state index is -3.66. The third-order valence-electron chi connectivity index (χ3n) is 4.95. The summed E-state index contributed by atoms with van der Waals surface area (Å²) >= 11 is 0. The minimum Gasteiger partial charge on any atom is -0.353 e. The maximum atomic E-state index is 12.3. The second-order valence-corrected chi connectivity index (χ2v) is 8.86. The Balaban J connectivity index is 1.34. The number of benzene rings is 1. The van der Waals surface area contributed by atoms with Crippen LogP contribution in [-0.4, -0.2) is 49.5 Å². The van der Waals surface area contributed by atoms with Crippen LogP contribution in [0.4, 0.5) is 17.5 Å². The van der Waals surface area contributed by atoms with E-state index in [4.69, 9.17) is 0 Å². The molecule has 0 saturated carbocycles. The highest BCUT2D eigenvalue weighted by molar-refractivity contribution is 7.95. The molecule has 0 radical (unpaired) electrons. The molecular weight excluding hydrogens is 412 g/mol. The van der Waals surface area contributed by atoms with Gasteiger partial charge < -0.3 is 9.80 Å². The summed E-state index contributed by atoms with van der Waals surface area (Å²) in [7, 11) is -3.66. The lowest BCUT2D eigenvalue weighted by Gasteiger charge is -2.35. The van der Waals surface area contributed by atoms with Gasteiger partial charge in [-0.05, 0) is 30.7 Å². The van der Waals surface area contributed by atoms with Crippen molar-refractivity contribution in [3.63, 3.8) is 0 Å². The van der Waals surface area contributed by atoms with Crippen LogP contribution >= 0.6 is 0 Å². The fourth-order valence-corrected chi connectivity index (χ4v) is 4.10. The predicted octanol–water partition coefficient (Wildman–Crippen LogP) is 2.92. The number of sulfonamides is 1. The topological polar surface area (TPSA) is 91.3 Å². The quantitative estimate of drug-likeness (QED) is 0.635. The van der Waals surface area contributed by atoms with Crippen molar-refractivity contribution < 1.29 is 8.42 Å². The average Bonchev–Trinajstić information content (AvgIpc) is 2.80. The molecule has 31 heavy (non-hydrogen) atoms. The van der Waals surface area contributed by atoms with Gasteiger partial charge in [-0.2, -0.15) is 0 Å². The van der Waals surface area contributed by atoms with Crippen LogP contribution in [-0.2, 0) is 10.0 Å². The summed E-state index contributed by atoms with van der Waals surface area (Å²) in [6, 6.07) is 13.5. The first-order valence-corrected chi connectivity index (χ1v) is 11.5. The van der Waals surface area contributed by atoms with E-state index >= 15 is 0 Å². The van der Waals surface area contributed by atoms with Gasteiger partial charge in [-0.1, -0.05) is 35.9 Å². The van der Waals surface area contributed by atoms with Gasteiger partial charge in [-0.3, -0.25) is 4.72 Å². The van der Waals surface area contributed by atoms with Gasteiger partial charge in [0.1, 0.15) is 5.82 Å². The van der Waals surface area contributed by atoms with Crippen molar-refractivity contribution in [2.45, 2.75) is 6.92 Å². The lowest BCUT2D eigenvalue weighted by atomic mass is 10.2. The summed E-state index contributed by atoms with van der Waals surface area (Å²) in [6.07, 6.45) is 6.33. The highest BCUT2D eigenvalue weighted by Gasteiger charge is 2.20. The third kappa shape index (κ3) is 5.58. The smallest absolute Gasteiger partial charge is 0.255 e. The highest BCUT2D eigenvalue weighted by atomic mass is 32.2. The van der Waals surface area contributed by atoms with E-state index < -0.39 is 10.0 Å². The zero-order chi connectivity index (χ0) is 21.7. The molecule has 9 heteroatoms. The molecule has 0 spiro atoms. The Kier molecular flexibility index (Phi) is 6.13. The molecule has 3 heterocycles. The number of piperazine rings is 1. The Bertz CT molecular complexity index is 1120. The van der Waals surface area contributed by atoms with Gasteiger partial charge in [0.05, 0.1) is 23.5 Å². The van der Waals surface area contributed by atoms with Crippen molar-refractivity contribution in [2.24, 2.45) is 0 Å². The van der Waals surface area contributed by atoms with Crippen LogP contribution < -0.4 is 14.5 Å². The average molecular weight is 437 g/mol. The lowest BCUT2D eigenvalue weighted by Crippen LogP contribution is -2.47. The number of aromatic nitrogens is 3. The molecule has 0 aliphatic carbocycles. The van der Waals surface area contributed by atoms with Gasteiger partial charge in [0.2, 0.25) is 5.95 Å². The van der Waals surface area contributed by atoms with Crippen LogP contribution in [0.2, 0.25) is 0 Å². The van der Waals surface area contributed by atoms with Crippen LogP contribution in [0, 0.1) is 6.92 Å². The van der Waals surface area contributed by atoms with Crippen molar-refractivity contribution in [1.29, 1.82) is 0 Å². The number of nitrogens with zero attached hydrogens (tertiary/aromatic N) is 5. The number of aryl methyl sites for hydroxylation is 1. The van der Waals surface area contributed by atoms with Crippen LogP contribution in [0.5, 0.6) is 0 Å². The standard InChI is InChI=1S/C22H24N6O2S/c1-18-5-7-19(8-6-18)9-15-31(29,30)26-20-16-24-22(25-17-20)28-13-11-27(12-14-28)21-4-2-3-10-23-21/h2-10,15-17,26H,11-14H2,1H3/b15-9+. The molecule has 0 amide bonds. The van der Waals surface area contributed by atoms with Crippen molar-refractivity contribution in [3.8, 4) is 0 Å². The van der Waals surface area contributed by atoms with Gasteiger partial charge in [-0.25, -0.2) is 23.4 Å². The van der Waals surface area contributed by atoms with E-state index in [9.17, 15) is 8.42 Å². The van der Waals surface area contributed by atoms with E-state index in [0.29, 0.717) is 11.6 Å². The zero-order valence-electron chi connectivity index (χ0n) is 17.2. The first kappa shape index (κ1) is 20.8. The van der Waals surface area contributed by atoms with Gasteiger partial charge in [0, 0.05) is 32.4 Å². The molecule has 1 N–H and O–H groups in total. The number of rotatable bonds is 6. The maximum Gasteiger partial charge on any atom is 0.255 e. The Morgan fingerprint density at radius 1 is 0.903 bits per heavy atom. The predicted molar refractivity (Wildman–Crippen MR) is 123 cm³/mol. The van der Waals surface area contributed by atoms with E-state index in [1.165, 1.54) is 12.4 Å². The van der Waals surface area contributed by atoms with E-state index in [1.807, 2.05) is 49.4 Å². The normalized spacial score (nSPS) is 14.7. The summed E-state index contributed by atoms with van der Waals surface area (Å²) in [5, 5.41) is 1.14. The van der Waals surface area contributed by atoms with Crippen molar-refractivity contribution in [2.75, 3.05) is 40.7 Å². The van der Waals surface area contributed by atoms with Crippen LogP contribution in [0.25, 0.3) is 6.08 Å². The molecular formula is C22H24N6O2S. The van der Waals surface area contributed by atoms with Gasteiger partial charge in [-0.15, -0.1) is 0 Å². The zero-order valence-corrected chi connectivity index (χ0v) is 18.0. The number of nitrogens with one attached hydrogen (secondary N) is 1. The molecule has 160 valence electrons. The Hall–Kier alpha value is -3.46. The molecule has 0 bridgehead atoms. The number of hydrogen-bond acceptors (Lipinski definition) is 7. The fourth-order valence-electron chi connectivity index (χ4n) is 3.26. The van der Waals surface area contributed by atoms with Crippen molar-refractivity contribution in [3.05, 3.63) is 77.6 Å². The molecule has 1 aliphatic heterocycles. The second-order valence-electron chi connectivity index (χ2n) is 7.29. The molecule has 1 saturated heterocycles. The molecule has 1 fully saturated rings. The van der Waals surface area contributed by atoms with Crippen LogP contribution in [0.15, 0.2) is 66.5 Å². The molecule has 1 aliphatic rings. The number of pyridine rings is 1. The van der Waals surface area contributed by atoms with E-state index in [2.05, 4.69) is 29.5 Å². The maximum absolute atomic E-state index is 12.3. The monoisotopic (exact) mass is 436 g/mol. The summed E-state index contributed by atoms with van der Waals surface area (Å²) in [4.78, 5) is 17.4. The van der Waals surface area contributed by atoms with Crippen LogP contribution in [0.1, 0.15) is 11.1 Å². The SMILES string of the molecule is Cc1ccc(/C=C/S(=O)(=O)Nc2cnc(N3CCN(c4ccccn4)CC3)nc2)cc1. The largest absolute Gasteiger partial charge is 0.353 e. The first-order valence-electron chi connectivity index (χ1n) is 9.99. The van der Waals surface area contributed by atoms with E-state index in [0.717, 1.165) is 48.5 Å². The van der Waals surface area contributed by atoms with Crippen molar-refractivity contribution in [1.82, 2.24) is 15.0 Å². The van der Waals surface area contributed by atoms with Crippen molar-refractivity contribution >= 4 is 33.6 Å². The summed E-state index contributed by atoms with van der Waals surface area (Å²) in [5.74, 6) is 1.55. The second kappa shape index (κ2) is 9.13.